The number of nitrogens with two attached hydrogens (primary N) is 2. The molecule has 8 nitrogen and oxygen atoms in total. The molecule has 0 aromatic carbocycles. The van der Waals surface area contributed by atoms with E-state index in [2.05, 4.69) is 34.2 Å². The fraction of sp³-hybridized carbons (Fsp3) is 0.353. The Bertz CT molecular complexity index is 786. The number of aliphatic hydroxyl groups is 1. The maximum absolute atomic E-state index is 8.24. The molecule has 0 amide bonds. The van der Waals surface area contributed by atoms with Crippen LogP contribution in [0, 0.1) is 5.92 Å². The lowest BCUT2D eigenvalue weighted by atomic mass is 10.2. The molecule has 134 valence electrons. The Balaban J connectivity index is 0.000000326. The molecule has 0 atom stereocenters. The summed E-state index contributed by atoms with van der Waals surface area (Å²) in [5, 5.41) is 15.6. The smallest absolute Gasteiger partial charge is 0.182 e. The first kappa shape index (κ1) is 18.5. The van der Waals surface area contributed by atoms with Gasteiger partial charge < -0.3 is 21.9 Å². The highest BCUT2D eigenvalue weighted by molar-refractivity contribution is 5.68. The summed E-state index contributed by atoms with van der Waals surface area (Å²) in [7, 11) is 0. The number of hydrogen-bond donors (Lipinski definition) is 4. The predicted molar refractivity (Wildman–Crippen MR) is 99.9 cm³/mol. The lowest BCUT2D eigenvalue weighted by Gasteiger charge is -2.09. The van der Waals surface area contributed by atoms with Crippen molar-refractivity contribution in [3.05, 3.63) is 42.4 Å². The summed E-state index contributed by atoms with van der Waals surface area (Å²) in [6, 6.07) is 5.59. The Morgan fingerprint density at radius 3 is 2.68 bits per heavy atom. The van der Waals surface area contributed by atoms with Gasteiger partial charge in [0.25, 0.3) is 0 Å². The maximum atomic E-state index is 8.24. The molecule has 0 saturated carbocycles. The second-order valence-electron chi connectivity index (χ2n) is 6.02. The quantitative estimate of drug-likeness (QED) is 0.557. The molecule has 25 heavy (non-hydrogen) atoms. The molecule has 0 fully saturated rings. The minimum absolute atomic E-state index is 0.331. The van der Waals surface area contributed by atoms with Crippen molar-refractivity contribution in [3.8, 4) is 0 Å². The van der Waals surface area contributed by atoms with Gasteiger partial charge in [-0.25, -0.2) is 4.98 Å². The van der Waals surface area contributed by atoms with Gasteiger partial charge in [-0.1, -0.05) is 19.9 Å². The molecule has 0 aliphatic rings. The van der Waals surface area contributed by atoms with Crippen LogP contribution >= 0.6 is 0 Å². The highest BCUT2D eigenvalue weighted by Crippen LogP contribution is 2.18. The minimum Gasteiger partial charge on any atom is -0.396 e. The van der Waals surface area contributed by atoms with E-state index in [1.54, 1.807) is 29.2 Å². The highest BCUT2D eigenvalue weighted by atomic mass is 16.3. The number of nitrogens with one attached hydrogen (secondary N) is 1. The largest absolute Gasteiger partial charge is 0.396 e. The van der Waals surface area contributed by atoms with Gasteiger partial charge in [-0.2, -0.15) is 9.61 Å². The number of aliphatic hydroxyl groups excluding tert-OH is 1. The summed E-state index contributed by atoms with van der Waals surface area (Å²) in [5.41, 5.74) is 13.7. The van der Waals surface area contributed by atoms with Crippen LogP contribution in [0.2, 0.25) is 0 Å². The third kappa shape index (κ3) is 5.32. The van der Waals surface area contributed by atoms with Crippen LogP contribution in [0.3, 0.4) is 0 Å². The van der Waals surface area contributed by atoms with Crippen molar-refractivity contribution in [1.82, 2.24) is 19.6 Å². The number of anilines is 3. The summed E-state index contributed by atoms with van der Waals surface area (Å²) in [6.07, 6.45) is 6.02. The molecule has 0 unspecified atom stereocenters. The fourth-order valence-electron chi connectivity index (χ4n) is 2.08. The monoisotopic (exact) mass is 343 g/mol. The van der Waals surface area contributed by atoms with E-state index < -0.39 is 0 Å². The van der Waals surface area contributed by atoms with Crippen LogP contribution in [-0.2, 0) is 6.54 Å². The van der Waals surface area contributed by atoms with E-state index in [9.17, 15) is 0 Å². The Hall–Kier alpha value is -2.87. The van der Waals surface area contributed by atoms with E-state index in [0.29, 0.717) is 36.2 Å². The zero-order valence-electron chi connectivity index (χ0n) is 14.6. The molecule has 3 heterocycles. The van der Waals surface area contributed by atoms with Crippen molar-refractivity contribution in [2.45, 2.75) is 26.8 Å². The van der Waals surface area contributed by atoms with Crippen molar-refractivity contribution in [2.24, 2.45) is 5.92 Å². The van der Waals surface area contributed by atoms with Gasteiger partial charge in [0, 0.05) is 31.6 Å². The molecule has 0 spiro atoms. The molecule has 3 aromatic heterocycles. The standard InChI is InChI=1S/C12H13N7.C5H12O/c13-9-7-17-19-11(4-10(14)18-12(9)19)16-6-8-2-1-3-15-5-8;1-5(2)3-4-6/h1-5,7,16H,6,13H2,(H2,14,18);5-6H,3-4H2,1-2H3. The molecule has 3 rings (SSSR count). The van der Waals surface area contributed by atoms with E-state index in [4.69, 9.17) is 16.6 Å². The van der Waals surface area contributed by atoms with E-state index in [0.717, 1.165) is 17.8 Å². The van der Waals surface area contributed by atoms with Crippen LogP contribution in [-0.4, -0.2) is 31.3 Å². The van der Waals surface area contributed by atoms with Crippen molar-refractivity contribution in [1.29, 1.82) is 0 Å². The maximum Gasteiger partial charge on any atom is 0.182 e. The van der Waals surface area contributed by atoms with Crippen molar-refractivity contribution in [3.63, 3.8) is 0 Å². The van der Waals surface area contributed by atoms with Crippen molar-refractivity contribution >= 4 is 23.0 Å². The van der Waals surface area contributed by atoms with Gasteiger partial charge in [0.2, 0.25) is 0 Å². The van der Waals surface area contributed by atoms with Crippen molar-refractivity contribution < 1.29 is 5.11 Å². The number of rotatable bonds is 5. The molecular formula is C17H25N7O. The molecule has 6 N–H and O–H groups in total. The molecule has 0 aliphatic heterocycles. The molecule has 0 bridgehead atoms. The number of nitrogen functional groups attached to an aromatic ring is 2. The lowest BCUT2D eigenvalue weighted by Crippen LogP contribution is -2.07. The van der Waals surface area contributed by atoms with E-state index in [-0.39, 0.29) is 0 Å². The average molecular weight is 343 g/mol. The molecule has 8 heteroatoms. The second kappa shape index (κ2) is 8.84. The zero-order chi connectivity index (χ0) is 18.2. The van der Waals surface area contributed by atoms with Gasteiger partial charge >= 0.3 is 0 Å². The van der Waals surface area contributed by atoms with Gasteiger partial charge in [0.05, 0.1) is 11.9 Å². The van der Waals surface area contributed by atoms with Crippen molar-refractivity contribution in [2.75, 3.05) is 23.4 Å². The van der Waals surface area contributed by atoms with Crippen LogP contribution in [0.5, 0.6) is 0 Å². The van der Waals surface area contributed by atoms with Gasteiger partial charge in [-0.3, -0.25) is 4.98 Å². The minimum atomic E-state index is 0.331. The predicted octanol–water partition coefficient (Wildman–Crippen LogP) is 1.93. The zero-order valence-corrected chi connectivity index (χ0v) is 14.6. The lowest BCUT2D eigenvalue weighted by molar-refractivity contribution is 0.268. The highest BCUT2D eigenvalue weighted by Gasteiger charge is 2.08. The third-order valence-corrected chi connectivity index (χ3v) is 3.42. The van der Waals surface area contributed by atoms with Crippen LogP contribution < -0.4 is 16.8 Å². The average Bonchev–Trinajstić information content (AvgIpc) is 2.95. The number of hydrogen-bond acceptors (Lipinski definition) is 7. The summed E-state index contributed by atoms with van der Waals surface area (Å²) in [4.78, 5) is 8.21. The van der Waals surface area contributed by atoms with Gasteiger partial charge in [-0.15, -0.1) is 0 Å². The first-order valence-electron chi connectivity index (χ1n) is 8.14. The van der Waals surface area contributed by atoms with Crippen LogP contribution in [0.15, 0.2) is 36.8 Å². The van der Waals surface area contributed by atoms with E-state index in [1.165, 1.54) is 0 Å². The molecular weight excluding hydrogens is 318 g/mol. The number of aromatic nitrogens is 4. The Morgan fingerprint density at radius 2 is 2.08 bits per heavy atom. The Labute approximate surface area is 146 Å². The van der Waals surface area contributed by atoms with Crippen LogP contribution in [0.4, 0.5) is 17.3 Å². The summed E-state index contributed by atoms with van der Waals surface area (Å²) < 4.78 is 1.63. The van der Waals surface area contributed by atoms with Crippen LogP contribution in [0.25, 0.3) is 5.65 Å². The van der Waals surface area contributed by atoms with E-state index >= 15 is 0 Å². The Kier molecular flexibility index (Phi) is 6.53. The first-order valence-corrected chi connectivity index (χ1v) is 8.14. The Morgan fingerprint density at radius 1 is 1.28 bits per heavy atom. The summed E-state index contributed by atoms with van der Waals surface area (Å²) in [6.45, 7) is 5.14. The van der Waals surface area contributed by atoms with Crippen LogP contribution in [0.1, 0.15) is 25.8 Å². The summed E-state index contributed by atoms with van der Waals surface area (Å²) in [5.74, 6) is 1.78. The number of pyridine rings is 1. The molecule has 0 saturated heterocycles. The van der Waals surface area contributed by atoms with Gasteiger partial charge in [-0.05, 0) is 24.0 Å². The number of fused-ring (bicyclic) bond motifs is 1. The molecule has 0 aliphatic carbocycles. The first-order chi connectivity index (χ1) is 12.0. The fourth-order valence-corrected chi connectivity index (χ4v) is 2.08. The molecule has 3 aromatic rings. The SMILES string of the molecule is CC(C)CCO.Nc1cc(NCc2cccnc2)n2ncc(N)c2n1. The third-order valence-electron chi connectivity index (χ3n) is 3.42. The number of nitrogens with zero attached hydrogens (tertiary/aromatic N) is 4. The van der Waals surface area contributed by atoms with Gasteiger partial charge in [0.1, 0.15) is 11.6 Å². The molecule has 0 radical (unpaired) electrons. The van der Waals surface area contributed by atoms with Gasteiger partial charge in [0.15, 0.2) is 5.65 Å². The normalized spacial score (nSPS) is 10.6. The van der Waals surface area contributed by atoms with E-state index in [1.807, 2.05) is 12.1 Å². The topological polar surface area (TPSA) is 127 Å². The second-order valence-corrected chi connectivity index (χ2v) is 6.02. The summed E-state index contributed by atoms with van der Waals surface area (Å²) >= 11 is 0.